The number of methoxy groups -OCH3 is 1. The number of ether oxygens (including phenoxy) is 1. The van der Waals surface area contributed by atoms with Crippen molar-refractivity contribution in [3.8, 4) is 0 Å². The van der Waals surface area contributed by atoms with E-state index in [2.05, 4.69) is 5.32 Å². The number of benzene rings is 2. The lowest BCUT2D eigenvalue weighted by Gasteiger charge is -2.21. The fraction of sp³-hybridized carbons (Fsp3) is 0.238. The van der Waals surface area contributed by atoms with Crippen LogP contribution in [0.1, 0.15) is 35.2 Å². The first-order chi connectivity index (χ1) is 12.2. The number of rotatable bonds is 5. The number of carbonyl (C=O) groups is 2. The summed E-state index contributed by atoms with van der Waals surface area (Å²) in [5.41, 5.74) is 4.34. The minimum Gasteiger partial charge on any atom is -0.465 e. The minimum absolute atomic E-state index is 0.212. The molecule has 1 N–H and O–H groups in total. The van der Waals surface area contributed by atoms with Gasteiger partial charge in [0, 0.05) is 29.8 Å². The Bertz CT molecular complexity index is 792. The van der Waals surface area contributed by atoms with Crippen LogP contribution < -0.4 is 5.32 Å². The molecule has 0 amide bonds. The molecule has 0 saturated carbocycles. The maximum absolute atomic E-state index is 12.4. The molecule has 25 heavy (non-hydrogen) atoms. The molecule has 0 bridgehead atoms. The molecule has 0 radical (unpaired) electrons. The Hall–Kier alpha value is -2.88. The third-order valence-corrected chi connectivity index (χ3v) is 4.36. The summed E-state index contributed by atoms with van der Waals surface area (Å²) >= 11 is 0. The number of hydrogen-bond donors (Lipinski definition) is 1. The van der Waals surface area contributed by atoms with Gasteiger partial charge in [-0.3, -0.25) is 4.79 Å². The number of hydrogen-bond acceptors (Lipinski definition) is 4. The topological polar surface area (TPSA) is 55.4 Å². The van der Waals surface area contributed by atoms with Crippen molar-refractivity contribution in [2.75, 3.05) is 12.4 Å². The van der Waals surface area contributed by atoms with Crippen molar-refractivity contribution in [3.05, 3.63) is 77.0 Å². The lowest BCUT2D eigenvalue weighted by atomic mass is 9.90. The van der Waals surface area contributed by atoms with E-state index in [9.17, 15) is 9.59 Å². The number of nitrogens with one attached hydrogen (secondary N) is 1. The molecule has 0 fully saturated rings. The van der Waals surface area contributed by atoms with Crippen LogP contribution in [0.15, 0.2) is 65.9 Å². The lowest BCUT2D eigenvalue weighted by Crippen LogP contribution is -2.18. The van der Waals surface area contributed by atoms with E-state index < -0.39 is 0 Å². The van der Waals surface area contributed by atoms with Crippen molar-refractivity contribution in [2.45, 2.75) is 25.7 Å². The van der Waals surface area contributed by atoms with Crippen molar-refractivity contribution in [3.63, 3.8) is 0 Å². The highest BCUT2D eigenvalue weighted by atomic mass is 16.5. The molecule has 3 rings (SSSR count). The third kappa shape index (κ3) is 4.15. The summed E-state index contributed by atoms with van der Waals surface area (Å²) in [6.45, 7) is 0. The molecule has 0 atom stereocenters. The number of esters is 1. The van der Waals surface area contributed by atoms with Crippen LogP contribution in [0.5, 0.6) is 0 Å². The van der Waals surface area contributed by atoms with E-state index in [0.29, 0.717) is 18.4 Å². The quantitative estimate of drug-likeness (QED) is 0.835. The van der Waals surface area contributed by atoms with Crippen molar-refractivity contribution in [1.82, 2.24) is 0 Å². The van der Waals surface area contributed by atoms with Gasteiger partial charge in [-0.05, 0) is 42.7 Å². The van der Waals surface area contributed by atoms with Gasteiger partial charge in [0.15, 0.2) is 5.78 Å². The Morgan fingerprint density at radius 2 is 1.76 bits per heavy atom. The number of carbonyl (C=O) groups excluding carboxylic acids is 2. The molecule has 4 nitrogen and oxygen atoms in total. The van der Waals surface area contributed by atoms with Gasteiger partial charge < -0.3 is 10.1 Å². The Labute approximate surface area is 147 Å². The Kier molecular flexibility index (Phi) is 5.29. The molecule has 128 valence electrons. The Morgan fingerprint density at radius 1 is 1.04 bits per heavy atom. The fourth-order valence-electron chi connectivity index (χ4n) is 3.02. The van der Waals surface area contributed by atoms with Crippen LogP contribution in [0.4, 0.5) is 5.69 Å². The van der Waals surface area contributed by atoms with Gasteiger partial charge in [0.1, 0.15) is 0 Å². The van der Waals surface area contributed by atoms with E-state index in [-0.39, 0.29) is 11.8 Å². The molecular formula is C21H21NO3. The fourth-order valence-corrected chi connectivity index (χ4v) is 3.02. The average molecular weight is 335 g/mol. The highest BCUT2D eigenvalue weighted by Gasteiger charge is 2.21. The molecule has 0 aromatic heterocycles. The van der Waals surface area contributed by atoms with Gasteiger partial charge in [0.25, 0.3) is 0 Å². The van der Waals surface area contributed by atoms with E-state index in [1.807, 2.05) is 42.5 Å². The maximum atomic E-state index is 12.4. The zero-order valence-corrected chi connectivity index (χ0v) is 14.2. The van der Waals surface area contributed by atoms with Crippen LogP contribution in [0, 0.1) is 0 Å². The predicted molar refractivity (Wildman–Crippen MR) is 97.4 cm³/mol. The van der Waals surface area contributed by atoms with Crippen LogP contribution >= 0.6 is 0 Å². The van der Waals surface area contributed by atoms with Crippen molar-refractivity contribution in [1.29, 1.82) is 0 Å². The molecule has 2 aromatic carbocycles. The summed E-state index contributed by atoms with van der Waals surface area (Å²) in [4.78, 5) is 23.9. The maximum Gasteiger partial charge on any atom is 0.337 e. The summed E-state index contributed by atoms with van der Waals surface area (Å²) in [5, 5.41) is 3.37. The van der Waals surface area contributed by atoms with E-state index in [4.69, 9.17) is 4.74 Å². The molecule has 2 aromatic rings. The molecule has 1 aliphatic carbocycles. The van der Waals surface area contributed by atoms with E-state index in [1.165, 1.54) is 7.11 Å². The van der Waals surface area contributed by atoms with Gasteiger partial charge in [-0.2, -0.15) is 0 Å². The van der Waals surface area contributed by atoms with Gasteiger partial charge >= 0.3 is 5.97 Å². The first-order valence-corrected chi connectivity index (χ1v) is 8.42. The van der Waals surface area contributed by atoms with E-state index in [0.717, 1.165) is 35.4 Å². The zero-order valence-electron chi connectivity index (χ0n) is 14.2. The number of Topliss-reactive ketones (excluding diaryl/α,β-unsaturated/α-hetero) is 1. The lowest BCUT2D eigenvalue weighted by molar-refractivity contribution is -0.116. The first-order valence-electron chi connectivity index (χ1n) is 8.42. The van der Waals surface area contributed by atoms with E-state index in [1.54, 1.807) is 12.1 Å². The molecule has 1 aliphatic rings. The molecule has 4 heteroatoms. The zero-order chi connectivity index (χ0) is 17.6. The summed E-state index contributed by atoms with van der Waals surface area (Å²) in [6.07, 6.45) is 2.96. The van der Waals surface area contributed by atoms with Crippen LogP contribution in [0.2, 0.25) is 0 Å². The summed E-state index contributed by atoms with van der Waals surface area (Å²) in [5.74, 6) is -0.146. The monoisotopic (exact) mass is 335 g/mol. The molecule has 0 aliphatic heterocycles. The minimum atomic E-state index is -0.358. The largest absolute Gasteiger partial charge is 0.465 e. The summed E-state index contributed by atoms with van der Waals surface area (Å²) in [6, 6.07) is 17.1. The SMILES string of the molecule is COC(=O)c1ccc(NC2=C(Cc3ccccc3)C(=O)CCC2)cc1. The highest BCUT2D eigenvalue weighted by Crippen LogP contribution is 2.26. The van der Waals surface area contributed by atoms with Crippen molar-refractivity contribution >= 4 is 17.4 Å². The molecular weight excluding hydrogens is 314 g/mol. The molecule has 0 saturated heterocycles. The number of ketones is 1. The molecule has 0 spiro atoms. The van der Waals surface area contributed by atoms with Crippen molar-refractivity contribution in [2.24, 2.45) is 0 Å². The van der Waals surface area contributed by atoms with Crippen LogP contribution in [0.25, 0.3) is 0 Å². The van der Waals surface area contributed by atoms with E-state index >= 15 is 0 Å². The Balaban J connectivity index is 1.83. The predicted octanol–water partition coefficient (Wildman–Crippen LogP) is 4.13. The third-order valence-electron chi connectivity index (χ3n) is 4.36. The Morgan fingerprint density at radius 3 is 2.44 bits per heavy atom. The highest BCUT2D eigenvalue weighted by molar-refractivity contribution is 5.98. The van der Waals surface area contributed by atoms with Gasteiger partial charge in [-0.15, -0.1) is 0 Å². The van der Waals surface area contributed by atoms with Gasteiger partial charge in [0.05, 0.1) is 12.7 Å². The standard InChI is InChI=1S/C21H21NO3/c1-25-21(24)16-10-12-17(13-11-16)22-19-8-5-9-20(23)18(19)14-15-6-3-2-4-7-15/h2-4,6-7,10-13,22H,5,8-9,14H2,1H3. The average Bonchev–Trinajstić information content (AvgIpc) is 2.65. The van der Waals surface area contributed by atoms with Gasteiger partial charge in [-0.1, -0.05) is 30.3 Å². The van der Waals surface area contributed by atoms with Crippen LogP contribution in [-0.2, 0) is 16.0 Å². The second-order valence-corrected chi connectivity index (χ2v) is 6.09. The first kappa shape index (κ1) is 17.0. The normalized spacial score (nSPS) is 14.4. The smallest absolute Gasteiger partial charge is 0.337 e. The van der Waals surface area contributed by atoms with Crippen molar-refractivity contribution < 1.29 is 14.3 Å². The van der Waals surface area contributed by atoms with Gasteiger partial charge in [-0.25, -0.2) is 4.79 Å². The second-order valence-electron chi connectivity index (χ2n) is 6.09. The molecule has 0 unspecified atom stereocenters. The van der Waals surface area contributed by atoms with Gasteiger partial charge in [0.2, 0.25) is 0 Å². The number of anilines is 1. The van der Waals surface area contributed by atoms with Crippen LogP contribution in [-0.4, -0.2) is 18.9 Å². The number of allylic oxidation sites excluding steroid dienone is 2. The second kappa shape index (κ2) is 7.79. The van der Waals surface area contributed by atoms with Crippen LogP contribution in [0.3, 0.4) is 0 Å². The summed E-state index contributed by atoms with van der Waals surface area (Å²) < 4.78 is 4.71. The molecule has 0 heterocycles. The summed E-state index contributed by atoms with van der Waals surface area (Å²) in [7, 11) is 1.36.